The molecule has 0 amide bonds. The van der Waals surface area contributed by atoms with E-state index >= 15 is 0 Å². The number of hydrogen-bond donors (Lipinski definition) is 1. The molecule has 0 fully saturated rings. The van der Waals surface area contributed by atoms with Crippen LogP contribution in [0.4, 0.5) is 0 Å². The highest BCUT2D eigenvalue weighted by molar-refractivity contribution is 5.75. The Labute approximate surface area is 120 Å². The molecule has 5 heteroatoms. The largest absolute Gasteiger partial charge is 0.465 e. The van der Waals surface area contributed by atoms with Gasteiger partial charge in [0.05, 0.1) is 18.6 Å². The van der Waals surface area contributed by atoms with Crippen molar-refractivity contribution in [2.75, 3.05) is 13.2 Å². The van der Waals surface area contributed by atoms with Crippen LogP contribution in [0.5, 0.6) is 0 Å². The summed E-state index contributed by atoms with van der Waals surface area (Å²) in [5.41, 5.74) is 2.50. The van der Waals surface area contributed by atoms with Crippen LogP contribution in [-0.2, 0) is 28.9 Å². The van der Waals surface area contributed by atoms with Crippen LogP contribution in [0.15, 0.2) is 6.33 Å². The molecule has 1 aromatic heterocycles. The smallest absolute Gasteiger partial charge is 0.324 e. The van der Waals surface area contributed by atoms with Crippen molar-refractivity contribution in [3.63, 3.8) is 0 Å². The summed E-state index contributed by atoms with van der Waals surface area (Å²) in [5, 5.41) is 3.28. The second kappa shape index (κ2) is 7.43. The van der Waals surface area contributed by atoms with Crippen LogP contribution >= 0.6 is 0 Å². The SMILES string of the molecule is CCCNC(Cn1cnc2c1CCCC2)C(=O)OCC. The van der Waals surface area contributed by atoms with E-state index in [2.05, 4.69) is 21.8 Å². The number of hydrogen-bond acceptors (Lipinski definition) is 4. The number of nitrogens with zero attached hydrogens (tertiary/aromatic N) is 2. The summed E-state index contributed by atoms with van der Waals surface area (Å²) in [4.78, 5) is 16.5. The number of ether oxygens (including phenoxy) is 1. The number of fused-ring (bicyclic) bond motifs is 1. The van der Waals surface area contributed by atoms with Crippen LogP contribution in [0, 0.1) is 0 Å². The van der Waals surface area contributed by atoms with Crippen LogP contribution in [0.2, 0.25) is 0 Å². The lowest BCUT2D eigenvalue weighted by atomic mass is 10.0. The fourth-order valence-corrected chi connectivity index (χ4v) is 2.67. The average Bonchev–Trinajstić information content (AvgIpc) is 2.87. The predicted molar refractivity (Wildman–Crippen MR) is 77.6 cm³/mol. The molecule has 112 valence electrons. The molecule has 1 heterocycles. The number of nitrogens with one attached hydrogen (secondary N) is 1. The van der Waals surface area contributed by atoms with Gasteiger partial charge in [0.2, 0.25) is 0 Å². The molecule has 0 spiro atoms. The fraction of sp³-hybridized carbons (Fsp3) is 0.733. The standard InChI is InChI=1S/C15H25N3O2/c1-3-9-16-13(15(19)20-4-2)10-18-11-17-12-7-5-6-8-14(12)18/h11,13,16H,3-10H2,1-2H3. The van der Waals surface area contributed by atoms with E-state index in [0.29, 0.717) is 13.2 Å². The summed E-state index contributed by atoms with van der Waals surface area (Å²) in [6.07, 6.45) is 7.44. The molecule has 20 heavy (non-hydrogen) atoms. The van der Waals surface area contributed by atoms with E-state index in [-0.39, 0.29) is 12.0 Å². The van der Waals surface area contributed by atoms with Gasteiger partial charge in [0.15, 0.2) is 0 Å². The molecule has 1 aliphatic rings. The van der Waals surface area contributed by atoms with Gasteiger partial charge in [0.25, 0.3) is 0 Å². The van der Waals surface area contributed by atoms with Crippen LogP contribution in [-0.4, -0.2) is 34.7 Å². The molecule has 1 aromatic rings. The minimum absolute atomic E-state index is 0.167. The Balaban J connectivity index is 2.06. The maximum atomic E-state index is 12.0. The molecule has 0 radical (unpaired) electrons. The van der Waals surface area contributed by atoms with Crippen molar-refractivity contribution in [1.29, 1.82) is 0 Å². The van der Waals surface area contributed by atoms with Crippen LogP contribution in [0.3, 0.4) is 0 Å². The molecular weight excluding hydrogens is 254 g/mol. The van der Waals surface area contributed by atoms with Gasteiger partial charge in [0.1, 0.15) is 6.04 Å². The van der Waals surface area contributed by atoms with Crippen LogP contribution in [0.1, 0.15) is 44.5 Å². The molecule has 1 atom stereocenters. The molecule has 1 aliphatic carbocycles. The highest BCUT2D eigenvalue weighted by Gasteiger charge is 2.22. The van der Waals surface area contributed by atoms with Gasteiger partial charge >= 0.3 is 5.97 Å². The highest BCUT2D eigenvalue weighted by Crippen LogP contribution is 2.20. The number of esters is 1. The zero-order valence-corrected chi connectivity index (χ0v) is 12.5. The van der Waals surface area contributed by atoms with Crippen molar-refractivity contribution in [2.45, 2.75) is 58.5 Å². The molecule has 2 rings (SSSR count). The van der Waals surface area contributed by atoms with Crippen molar-refractivity contribution in [3.05, 3.63) is 17.7 Å². The van der Waals surface area contributed by atoms with Gasteiger partial charge in [-0.2, -0.15) is 0 Å². The molecule has 0 bridgehead atoms. The van der Waals surface area contributed by atoms with Crippen molar-refractivity contribution < 1.29 is 9.53 Å². The zero-order valence-electron chi connectivity index (χ0n) is 12.5. The first-order valence-electron chi connectivity index (χ1n) is 7.69. The maximum absolute atomic E-state index is 12.0. The topological polar surface area (TPSA) is 56.2 Å². The third-order valence-electron chi connectivity index (χ3n) is 3.70. The lowest BCUT2D eigenvalue weighted by Gasteiger charge is -2.20. The van der Waals surface area contributed by atoms with Gasteiger partial charge in [-0.3, -0.25) is 4.79 Å². The Hall–Kier alpha value is -1.36. The van der Waals surface area contributed by atoms with Gasteiger partial charge in [-0.1, -0.05) is 6.92 Å². The quantitative estimate of drug-likeness (QED) is 0.772. The molecule has 0 saturated heterocycles. The summed E-state index contributed by atoms with van der Waals surface area (Å²) >= 11 is 0. The lowest BCUT2D eigenvalue weighted by Crippen LogP contribution is -2.42. The number of carbonyl (C=O) groups excluding carboxylic acids is 1. The van der Waals surface area contributed by atoms with E-state index < -0.39 is 0 Å². The Morgan fingerprint density at radius 2 is 2.25 bits per heavy atom. The second-order valence-electron chi connectivity index (χ2n) is 5.26. The number of aryl methyl sites for hydroxylation is 1. The number of aromatic nitrogens is 2. The van der Waals surface area contributed by atoms with Gasteiger partial charge in [-0.05, 0) is 45.6 Å². The van der Waals surface area contributed by atoms with Crippen LogP contribution < -0.4 is 5.32 Å². The molecular formula is C15H25N3O2. The second-order valence-corrected chi connectivity index (χ2v) is 5.26. The summed E-state index contributed by atoms with van der Waals surface area (Å²) in [5.74, 6) is -0.167. The van der Waals surface area contributed by atoms with E-state index in [1.54, 1.807) is 0 Å². The average molecular weight is 279 g/mol. The van der Waals surface area contributed by atoms with Gasteiger partial charge in [0, 0.05) is 12.2 Å². The maximum Gasteiger partial charge on any atom is 0.324 e. The highest BCUT2D eigenvalue weighted by atomic mass is 16.5. The molecule has 1 N–H and O–H groups in total. The first-order chi connectivity index (χ1) is 9.76. The third kappa shape index (κ3) is 3.60. The summed E-state index contributed by atoms with van der Waals surface area (Å²) < 4.78 is 7.28. The molecule has 0 aliphatic heterocycles. The fourth-order valence-electron chi connectivity index (χ4n) is 2.67. The van der Waals surface area contributed by atoms with E-state index in [1.165, 1.54) is 24.2 Å². The zero-order chi connectivity index (χ0) is 14.4. The lowest BCUT2D eigenvalue weighted by molar-refractivity contribution is -0.146. The first-order valence-corrected chi connectivity index (χ1v) is 7.69. The summed E-state index contributed by atoms with van der Waals surface area (Å²) in [7, 11) is 0. The van der Waals surface area contributed by atoms with Gasteiger partial charge in [-0.15, -0.1) is 0 Å². The Morgan fingerprint density at radius 3 is 3.00 bits per heavy atom. The minimum atomic E-state index is -0.282. The molecule has 1 unspecified atom stereocenters. The van der Waals surface area contributed by atoms with E-state index in [9.17, 15) is 4.79 Å². The van der Waals surface area contributed by atoms with Crippen molar-refractivity contribution in [2.24, 2.45) is 0 Å². The molecule has 0 aromatic carbocycles. The summed E-state index contributed by atoms with van der Waals surface area (Å²) in [6.45, 7) is 5.79. The van der Waals surface area contributed by atoms with Crippen molar-refractivity contribution >= 4 is 5.97 Å². The van der Waals surface area contributed by atoms with E-state index in [0.717, 1.165) is 25.8 Å². The first kappa shape index (κ1) is 15.0. The number of rotatable bonds is 7. The van der Waals surface area contributed by atoms with Crippen LogP contribution in [0.25, 0.3) is 0 Å². The Kier molecular flexibility index (Phi) is 5.59. The Morgan fingerprint density at radius 1 is 1.45 bits per heavy atom. The monoisotopic (exact) mass is 279 g/mol. The van der Waals surface area contributed by atoms with Gasteiger partial charge in [-0.25, -0.2) is 4.98 Å². The Bertz CT molecular complexity index is 442. The molecule has 5 nitrogen and oxygen atoms in total. The minimum Gasteiger partial charge on any atom is -0.465 e. The van der Waals surface area contributed by atoms with E-state index in [1.807, 2.05) is 13.3 Å². The number of imidazole rings is 1. The summed E-state index contributed by atoms with van der Waals surface area (Å²) in [6, 6.07) is -0.282. The van der Waals surface area contributed by atoms with E-state index in [4.69, 9.17) is 4.74 Å². The van der Waals surface area contributed by atoms with Crippen molar-refractivity contribution in [1.82, 2.24) is 14.9 Å². The normalized spacial score (nSPS) is 15.7. The van der Waals surface area contributed by atoms with Gasteiger partial charge < -0.3 is 14.6 Å². The number of carbonyl (C=O) groups is 1. The third-order valence-corrected chi connectivity index (χ3v) is 3.70. The van der Waals surface area contributed by atoms with Crippen molar-refractivity contribution in [3.8, 4) is 0 Å². The predicted octanol–water partition coefficient (Wildman–Crippen LogP) is 1.69. The molecule has 0 saturated carbocycles.